The molecule has 0 saturated heterocycles. The fraction of sp³-hybridized carbons (Fsp3) is 0.833. The molecule has 0 spiro atoms. The van der Waals surface area contributed by atoms with Gasteiger partial charge in [-0.05, 0) is 12.3 Å². The molecule has 0 aromatic rings. The summed E-state index contributed by atoms with van der Waals surface area (Å²) in [6, 6.07) is -0.468. The van der Waals surface area contributed by atoms with Crippen LogP contribution in [0.4, 0.5) is 0 Å². The third-order valence-electron chi connectivity index (χ3n) is 1.20. The Morgan fingerprint density at radius 2 is 2.00 bits per heavy atom. The molecule has 0 aliphatic rings. The van der Waals surface area contributed by atoms with Gasteiger partial charge in [-0.2, -0.15) is 0 Å². The van der Waals surface area contributed by atoms with E-state index in [9.17, 15) is 4.79 Å². The number of hydrogen-bond acceptors (Lipinski definition) is 3. The molecule has 1 amide bonds. The molecule has 0 rings (SSSR count). The van der Waals surface area contributed by atoms with Crippen molar-refractivity contribution >= 4 is 18.3 Å². The molecular weight excluding hydrogens is 166 g/mol. The standard InChI is InChI=1S/C6H15N3O.ClH/c1-4(2)3-5(7)6(10)9-8;/h4-5H,3,7-8H2,1-2H3,(H,9,10);1H/t5-;/m0./s1. The number of hydrazine groups is 1. The second-order valence-electron chi connectivity index (χ2n) is 2.74. The smallest absolute Gasteiger partial charge is 0.250 e. The van der Waals surface area contributed by atoms with E-state index in [-0.39, 0.29) is 18.3 Å². The Balaban J connectivity index is 0. The zero-order valence-electron chi connectivity index (χ0n) is 6.83. The molecule has 0 aliphatic heterocycles. The van der Waals surface area contributed by atoms with Crippen molar-refractivity contribution in [3.05, 3.63) is 0 Å². The Labute approximate surface area is 73.1 Å². The van der Waals surface area contributed by atoms with Crippen molar-refractivity contribution in [1.29, 1.82) is 0 Å². The molecule has 68 valence electrons. The van der Waals surface area contributed by atoms with Gasteiger partial charge in [-0.3, -0.25) is 10.2 Å². The minimum absolute atomic E-state index is 0. The number of amides is 1. The highest BCUT2D eigenvalue weighted by Crippen LogP contribution is 2.01. The quantitative estimate of drug-likeness (QED) is 0.320. The molecule has 5 N–H and O–H groups in total. The van der Waals surface area contributed by atoms with Crippen LogP contribution in [0, 0.1) is 5.92 Å². The van der Waals surface area contributed by atoms with E-state index in [1.807, 2.05) is 19.3 Å². The first-order valence-electron chi connectivity index (χ1n) is 3.34. The van der Waals surface area contributed by atoms with E-state index in [0.29, 0.717) is 12.3 Å². The predicted octanol–water partition coefficient (Wildman–Crippen LogP) is -0.228. The summed E-state index contributed by atoms with van der Waals surface area (Å²) in [5.74, 6) is 5.00. The van der Waals surface area contributed by atoms with Gasteiger partial charge in [0.25, 0.3) is 5.91 Å². The van der Waals surface area contributed by atoms with Gasteiger partial charge in [0.2, 0.25) is 0 Å². The van der Waals surface area contributed by atoms with Crippen molar-refractivity contribution in [1.82, 2.24) is 5.43 Å². The molecule has 11 heavy (non-hydrogen) atoms. The van der Waals surface area contributed by atoms with E-state index in [1.165, 1.54) is 0 Å². The van der Waals surface area contributed by atoms with Crippen LogP contribution in [0.2, 0.25) is 0 Å². The first-order valence-corrected chi connectivity index (χ1v) is 3.34. The SMILES string of the molecule is CC(C)C[C@H](N)C(=O)NN.Cl. The number of carbonyl (C=O) groups excluding carboxylic acids is 1. The molecule has 1 atom stereocenters. The summed E-state index contributed by atoms with van der Waals surface area (Å²) < 4.78 is 0. The van der Waals surface area contributed by atoms with Crippen LogP contribution in [-0.4, -0.2) is 11.9 Å². The van der Waals surface area contributed by atoms with Gasteiger partial charge in [0, 0.05) is 0 Å². The summed E-state index contributed by atoms with van der Waals surface area (Å²) in [4.78, 5) is 10.7. The Morgan fingerprint density at radius 1 is 1.55 bits per heavy atom. The van der Waals surface area contributed by atoms with Crippen LogP contribution < -0.4 is 17.0 Å². The molecular formula is C6H16ClN3O. The van der Waals surface area contributed by atoms with Crippen LogP contribution >= 0.6 is 12.4 Å². The maximum absolute atomic E-state index is 10.7. The van der Waals surface area contributed by atoms with E-state index in [0.717, 1.165) is 0 Å². The van der Waals surface area contributed by atoms with Crippen molar-refractivity contribution in [3.63, 3.8) is 0 Å². The van der Waals surface area contributed by atoms with Crippen molar-refractivity contribution in [2.75, 3.05) is 0 Å². The molecule has 0 aromatic heterocycles. The maximum Gasteiger partial charge on any atom is 0.250 e. The van der Waals surface area contributed by atoms with Gasteiger partial charge in [-0.1, -0.05) is 13.8 Å². The lowest BCUT2D eigenvalue weighted by atomic mass is 10.0. The van der Waals surface area contributed by atoms with Crippen LogP contribution in [0.1, 0.15) is 20.3 Å². The van der Waals surface area contributed by atoms with Gasteiger partial charge >= 0.3 is 0 Å². The molecule has 0 saturated carbocycles. The predicted molar refractivity (Wildman–Crippen MR) is 47.0 cm³/mol. The largest absolute Gasteiger partial charge is 0.320 e. The fourth-order valence-electron chi connectivity index (χ4n) is 0.722. The van der Waals surface area contributed by atoms with Crippen LogP contribution in [0.5, 0.6) is 0 Å². The lowest BCUT2D eigenvalue weighted by Gasteiger charge is -2.11. The summed E-state index contributed by atoms with van der Waals surface area (Å²) in [7, 11) is 0. The highest BCUT2D eigenvalue weighted by Gasteiger charge is 2.12. The van der Waals surface area contributed by atoms with Crippen LogP contribution in [-0.2, 0) is 4.79 Å². The number of halogens is 1. The number of rotatable bonds is 3. The number of carbonyl (C=O) groups is 1. The van der Waals surface area contributed by atoms with E-state index in [2.05, 4.69) is 0 Å². The summed E-state index contributed by atoms with van der Waals surface area (Å²) in [5.41, 5.74) is 7.44. The number of nitrogens with two attached hydrogens (primary N) is 2. The fourth-order valence-corrected chi connectivity index (χ4v) is 0.722. The first-order chi connectivity index (χ1) is 4.57. The van der Waals surface area contributed by atoms with Crippen molar-refractivity contribution in [2.24, 2.45) is 17.5 Å². The Hall–Kier alpha value is -0.320. The molecule has 5 heteroatoms. The molecule has 0 aromatic carbocycles. The first kappa shape index (κ1) is 13.3. The average molecular weight is 182 g/mol. The highest BCUT2D eigenvalue weighted by molar-refractivity contribution is 5.85. The van der Waals surface area contributed by atoms with E-state index < -0.39 is 6.04 Å². The van der Waals surface area contributed by atoms with E-state index in [1.54, 1.807) is 0 Å². The minimum Gasteiger partial charge on any atom is -0.320 e. The summed E-state index contributed by atoms with van der Waals surface area (Å²) in [6.45, 7) is 4.01. The monoisotopic (exact) mass is 181 g/mol. The summed E-state index contributed by atoms with van der Waals surface area (Å²) >= 11 is 0. The van der Waals surface area contributed by atoms with E-state index in [4.69, 9.17) is 11.6 Å². The second-order valence-corrected chi connectivity index (χ2v) is 2.74. The van der Waals surface area contributed by atoms with Crippen molar-refractivity contribution in [2.45, 2.75) is 26.3 Å². The molecule has 0 unspecified atom stereocenters. The van der Waals surface area contributed by atoms with Gasteiger partial charge in [-0.15, -0.1) is 12.4 Å². The third-order valence-corrected chi connectivity index (χ3v) is 1.20. The molecule has 0 heterocycles. The third kappa shape index (κ3) is 6.09. The molecule has 4 nitrogen and oxygen atoms in total. The lowest BCUT2D eigenvalue weighted by molar-refractivity contribution is -0.122. The molecule has 0 bridgehead atoms. The zero-order chi connectivity index (χ0) is 8.15. The maximum atomic E-state index is 10.7. The molecule has 0 fully saturated rings. The number of hydrogen-bond donors (Lipinski definition) is 3. The Morgan fingerprint density at radius 3 is 2.27 bits per heavy atom. The van der Waals surface area contributed by atoms with Gasteiger partial charge in [0.1, 0.15) is 0 Å². The van der Waals surface area contributed by atoms with Crippen LogP contribution in [0.3, 0.4) is 0 Å². The molecule has 0 aliphatic carbocycles. The number of nitrogens with one attached hydrogen (secondary N) is 1. The zero-order valence-corrected chi connectivity index (χ0v) is 7.65. The van der Waals surface area contributed by atoms with Gasteiger partial charge in [-0.25, -0.2) is 5.84 Å². The van der Waals surface area contributed by atoms with Gasteiger partial charge in [0.15, 0.2) is 0 Å². The second kappa shape index (κ2) is 6.39. The van der Waals surface area contributed by atoms with Crippen LogP contribution in [0.15, 0.2) is 0 Å². The molecule has 0 radical (unpaired) electrons. The minimum atomic E-state index is -0.468. The lowest BCUT2D eigenvalue weighted by Crippen LogP contribution is -2.44. The summed E-state index contributed by atoms with van der Waals surface area (Å²) in [5, 5.41) is 0. The normalized spacial score (nSPS) is 12.1. The topological polar surface area (TPSA) is 81.1 Å². The van der Waals surface area contributed by atoms with Crippen LogP contribution in [0.25, 0.3) is 0 Å². The highest BCUT2D eigenvalue weighted by atomic mass is 35.5. The van der Waals surface area contributed by atoms with Gasteiger partial charge in [0.05, 0.1) is 6.04 Å². The van der Waals surface area contributed by atoms with Gasteiger partial charge < -0.3 is 5.73 Å². The Bertz CT molecular complexity index is 118. The summed E-state index contributed by atoms with van der Waals surface area (Å²) in [6.07, 6.45) is 0.670. The van der Waals surface area contributed by atoms with E-state index >= 15 is 0 Å². The average Bonchev–Trinajstić information content (AvgIpc) is 1.85. The Kier molecular flexibility index (Phi) is 7.72. The van der Waals surface area contributed by atoms with Crippen molar-refractivity contribution in [3.8, 4) is 0 Å². The van der Waals surface area contributed by atoms with Crippen molar-refractivity contribution < 1.29 is 4.79 Å².